The maximum absolute atomic E-state index is 12.3. The summed E-state index contributed by atoms with van der Waals surface area (Å²) in [5.74, 6) is -0.469. The zero-order valence-corrected chi connectivity index (χ0v) is 13.8. The molecule has 0 fully saturated rings. The van der Waals surface area contributed by atoms with E-state index in [4.69, 9.17) is 4.52 Å². The normalized spacial score (nSPS) is 10.4. The number of aromatic nitrogens is 2. The number of nitrogens with zero attached hydrogens (tertiary/aromatic N) is 2. The van der Waals surface area contributed by atoms with Crippen molar-refractivity contribution >= 4 is 23.2 Å². The number of benzene rings is 1. The predicted molar refractivity (Wildman–Crippen MR) is 88.5 cm³/mol. The molecule has 0 bridgehead atoms. The van der Waals surface area contributed by atoms with Crippen LogP contribution in [0, 0.1) is 13.8 Å². The molecule has 3 rings (SSSR count). The summed E-state index contributed by atoms with van der Waals surface area (Å²) in [4.78, 5) is 28.9. The quantitative estimate of drug-likeness (QED) is 0.713. The summed E-state index contributed by atoms with van der Waals surface area (Å²) in [5, 5.41) is 4.33. The molecule has 0 atom stereocenters. The minimum absolute atomic E-state index is 0.0961. The molecular weight excluding hydrogens is 328 g/mol. The van der Waals surface area contributed by atoms with Crippen molar-refractivity contribution in [2.24, 2.45) is 0 Å². The molecule has 0 saturated carbocycles. The minimum atomic E-state index is -0.550. The van der Waals surface area contributed by atoms with Crippen LogP contribution in [0.3, 0.4) is 0 Å². The molecule has 0 saturated heterocycles. The van der Waals surface area contributed by atoms with Crippen LogP contribution < -0.4 is 10.9 Å². The summed E-state index contributed by atoms with van der Waals surface area (Å²) in [7, 11) is 0. The Morgan fingerprint density at radius 2 is 1.79 bits per heavy atom. The molecule has 0 unspecified atom stereocenters. The average molecular weight is 342 g/mol. The van der Waals surface area contributed by atoms with Gasteiger partial charge in [-0.1, -0.05) is 35.5 Å². The van der Waals surface area contributed by atoms with Crippen LogP contribution in [0.2, 0.25) is 0 Å². The van der Waals surface area contributed by atoms with Crippen LogP contribution in [0.1, 0.15) is 31.6 Å². The number of carbonyl (C=O) groups excluding carboxylic acids is 2. The average Bonchev–Trinajstić information content (AvgIpc) is 3.19. The third-order valence-electron chi connectivity index (χ3n) is 3.17. The van der Waals surface area contributed by atoms with Gasteiger partial charge in [-0.15, -0.1) is 11.3 Å². The Kier molecular flexibility index (Phi) is 4.39. The second-order valence-corrected chi connectivity index (χ2v) is 6.03. The molecule has 0 aliphatic rings. The lowest BCUT2D eigenvalue weighted by Gasteiger charge is -2.04. The Bertz CT molecular complexity index is 886. The molecule has 2 amide bonds. The smallest absolute Gasteiger partial charge is 0.291 e. The first-order valence-electron chi connectivity index (χ1n) is 7.11. The number of carbonyl (C=O) groups is 2. The van der Waals surface area contributed by atoms with Crippen LogP contribution in [-0.2, 0) is 0 Å². The van der Waals surface area contributed by atoms with Crippen molar-refractivity contribution in [1.82, 2.24) is 21.0 Å². The number of thiazole rings is 1. The molecule has 2 heterocycles. The van der Waals surface area contributed by atoms with E-state index in [1.54, 1.807) is 13.8 Å². The Labute approximate surface area is 141 Å². The van der Waals surface area contributed by atoms with Gasteiger partial charge in [0.15, 0.2) is 5.69 Å². The van der Waals surface area contributed by atoms with Crippen LogP contribution in [-0.4, -0.2) is 22.0 Å². The van der Waals surface area contributed by atoms with Crippen LogP contribution in [0.15, 0.2) is 40.9 Å². The monoisotopic (exact) mass is 342 g/mol. The van der Waals surface area contributed by atoms with Crippen molar-refractivity contribution < 1.29 is 14.1 Å². The lowest BCUT2D eigenvalue weighted by atomic mass is 10.2. The standard InChI is InChI=1S/C16H14N4O3S/c1-9-8-12(20-23-9)14(21)18-19-15(22)13-10(2)17-16(24-13)11-6-4-3-5-7-11/h3-8H,1-2H3,(H,18,21)(H,19,22). The number of hydrogen-bond acceptors (Lipinski definition) is 6. The van der Waals surface area contributed by atoms with Gasteiger partial charge >= 0.3 is 0 Å². The number of hydrazine groups is 1. The van der Waals surface area contributed by atoms with Gasteiger partial charge in [-0.25, -0.2) is 4.98 Å². The molecule has 8 heteroatoms. The summed E-state index contributed by atoms with van der Waals surface area (Å²) in [6, 6.07) is 11.1. The summed E-state index contributed by atoms with van der Waals surface area (Å²) in [5.41, 5.74) is 6.30. The Morgan fingerprint density at radius 3 is 2.46 bits per heavy atom. The lowest BCUT2D eigenvalue weighted by Crippen LogP contribution is -2.41. The van der Waals surface area contributed by atoms with Gasteiger partial charge in [0.1, 0.15) is 15.6 Å². The molecular formula is C16H14N4O3S. The van der Waals surface area contributed by atoms with E-state index in [-0.39, 0.29) is 5.69 Å². The SMILES string of the molecule is Cc1cc(C(=O)NNC(=O)c2sc(-c3ccccc3)nc2C)no1. The Hall–Kier alpha value is -3.00. The van der Waals surface area contributed by atoms with Gasteiger partial charge in [-0.05, 0) is 13.8 Å². The molecule has 0 aliphatic heterocycles. The fourth-order valence-corrected chi connectivity index (χ4v) is 2.99. The zero-order chi connectivity index (χ0) is 17.1. The summed E-state index contributed by atoms with van der Waals surface area (Å²) in [6.45, 7) is 3.43. The molecule has 3 aromatic rings. The van der Waals surface area contributed by atoms with E-state index < -0.39 is 11.8 Å². The first-order chi connectivity index (χ1) is 11.5. The van der Waals surface area contributed by atoms with Gasteiger partial charge in [0.05, 0.1) is 5.69 Å². The number of rotatable bonds is 3. The predicted octanol–water partition coefficient (Wildman–Crippen LogP) is 2.49. The van der Waals surface area contributed by atoms with Gasteiger partial charge in [0.2, 0.25) is 0 Å². The molecule has 24 heavy (non-hydrogen) atoms. The van der Waals surface area contributed by atoms with E-state index in [1.165, 1.54) is 17.4 Å². The molecule has 2 N–H and O–H groups in total. The van der Waals surface area contributed by atoms with E-state index in [2.05, 4.69) is 21.0 Å². The summed E-state index contributed by atoms with van der Waals surface area (Å²) < 4.78 is 4.82. The van der Waals surface area contributed by atoms with Crippen LogP contribution in [0.5, 0.6) is 0 Å². The second-order valence-electron chi connectivity index (χ2n) is 5.03. The molecule has 0 aliphatic carbocycles. The summed E-state index contributed by atoms with van der Waals surface area (Å²) in [6.07, 6.45) is 0. The van der Waals surface area contributed by atoms with E-state index in [0.717, 1.165) is 10.6 Å². The maximum atomic E-state index is 12.3. The molecule has 122 valence electrons. The fraction of sp³-hybridized carbons (Fsp3) is 0.125. The van der Waals surface area contributed by atoms with E-state index >= 15 is 0 Å². The first-order valence-corrected chi connectivity index (χ1v) is 7.93. The zero-order valence-electron chi connectivity index (χ0n) is 13.0. The van der Waals surface area contributed by atoms with Crippen LogP contribution in [0.25, 0.3) is 10.6 Å². The van der Waals surface area contributed by atoms with Crippen molar-refractivity contribution in [1.29, 1.82) is 0 Å². The Balaban J connectivity index is 1.69. The number of aryl methyl sites for hydroxylation is 2. The van der Waals surface area contributed by atoms with Gasteiger partial charge in [-0.2, -0.15) is 0 Å². The van der Waals surface area contributed by atoms with Crippen molar-refractivity contribution in [2.75, 3.05) is 0 Å². The highest BCUT2D eigenvalue weighted by Crippen LogP contribution is 2.27. The highest BCUT2D eigenvalue weighted by atomic mass is 32.1. The van der Waals surface area contributed by atoms with Gasteiger partial charge in [0, 0.05) is 11.6 Å². The second kappa shape index (κ2) is 6.63. The maximum Gasteiger partial charge on any atom is 0.291 e. The molecule has 1 aromatic carbocycles. The number of amides is 2. The van der Waals surface area contributed by atoms with E-state index in [0.29, 0.717) is 16.3 Å². The van der Waals surface area contributed by atoms with Crippen molar-refractivity contribution in [3.63, 3.8) is 0 Å². The molecule has 2 aromatic heterocycles. The van der Waals surface area contributed by atoms with Gasteiger partial charge in [0.25, 0.3) is 11.8 Å². The first kappa shape index (κ1) is 15.9. The largest absolute Gasteiger partial charge is 0.361 e. The highest BCUT2D eigenvalue weighted by molar-refractivity contribution is 7.17. The fourth-order valence-electron chi connectivity index (χ4n) is 2.02. The highest BCUT2D eigenvalue weighted by Gasteiger charge is 2.18. The van der Waals surface area contributed by atoms with Crippen LogP contribution >= 0.6 is 11.3 Å². The van der Waals surface area contributed by atoms with Gasteiger partial charge in [-0.3, -0.25) is 20.4 Å². The van der Waals surface area contributed by atoms with Crippen LogP contribution in [0.4, 0.5) is 0 Å². The van der Waals surface area contributed by atoms with E-state index in [1.807, 2.05) is 30.3 Å². The van der Waals surface area contributed by atoms with Crippen molar-refractivity contribution in [3.05, 3.63) is 58.4 Å². The number of hydrogen-bond donors (Lipinski definition) is 2. The van der Waals surface area contributed by atoms with Crippen molar-refractivity contribution in [2.45, 2.75) is 13.8 Å². The summed E-state index contributed by atoms with van der Waals surface area (Å²) >= 11 is 1.26. The topological polar surface area (TPSA) is 97.1 Å². The molecule has 7 nitrogen and oxygen atoms in total. The lowest BCUT2D eigenvalue weighted by molar-refractivity contribution is 0.0843. The molecule has 0 spiro atoms. The minimum Gasteiger partial charge on any atom is -0.361 e. The van der Waals surface area contributed by atoms with Crippen molar-refractivity contribution in [3.8, 4) is 10.6 Å². The van der Waals surface area contributed by atoms with E-state index in [9.17, 15) is 9.59 Å². The third-order valence-corrected chi connectivity index (χ3v) is 4.38. The molecule has 0 radical (unpaired) electrons. The Morgan fingerprint density at radius 1 is 1.08 bits per heavy atom. The van der Waals surface area contributed by atoms with Gasteiger partial charge < -0.3 is 4.52 Å². The third kappa shape index (κ3) is 3.33. The number of nitrogens with one attached hydrogen (secondary N) is 2.